The summed E-state index contributed by atoms with van der Waals surface area (Å²) in [4.78, 5) is 23.8. The van der Waals surface area contributed by atoms with E-state index in [0.29, 0.717) is 29.1 Å². The van der Waals surface area contributed by atoms with Crippen LogP contribution in [0.4, 0.5) is 11.4 Å². The van der Waals surface area contributed by atoms with Crippen LogP contribution in [0.15, 0.2) is 48.5 Å². The molecule has 2 rings (SSSR count). The molecule has 2 aromatic rings. The third kappa shape index (κ3) is 6.71. The van der Waals surface area contributed by atoms with Gasteiger partial charge in [0.05, 0.1) is 6.10 Å². The van der Waals surface area contributed by atoms with Gasteiger partial charge in [-0.25, -0.2) is 0 Å². The molecular weight excluding hydrogens is 362 g/mol. The molecule has 0 aliphatic carbocycles. The zero-order chi connectivity index (χ0) is 19.8. The Morgan fingerprint density at radius 3 is 2.26 bits per heavy atom. The van der Waals surface area contributed by atoms with Crippen LogP contribution in [0.5, 0.6) is 5.75 Å². The molecule has 6 nitrogen and oxygen atoms in total. The van der Waals surface area contributed by atoms with E-state index in [0.717, 1.165) is 0 Å². The maximum absolute atomic E-state index is 12.3. The molecule has 0 atom stereocenters. The second-order valence-electron chi connectivity index (χ2n) is 6.08. The van der Waals surface area contributed by atoms with Crippen LogP contribution < -0.4 is 20.7 Å². The van der Waals surface area contributed by atoms with E-state index in [1.54, 1.807) is 55.5 Å². The zero-order valence-corrected chi connectivity index (χ0v) is 16.4. The Hall–Kier alpha value is -2.93. The van der Waals surface area contributed by atoms with Gasteiger partial charge in [-0.05, 0) is 68.5 Å². The third-order valence-corrected chi connectivity index (χ3v) is 3.64. The van der Waals surface area contributed by atoms with Gasteiger partial charge in [-0.3, -0.25) is 14.9 Å². The van der Waals surface area contributed by atoms with E-state index >= 15 is 0 Å². The van der Waals surface area contributed by atoms with E-state index in [2.05, 4.69) is 16.0 Å². The fourth-order valence-corrected chi connectivity index (χ4v) is 2.43. The Bertz CT molecular complexity index is 819. The average molecular weight is 385 g/mol. The van der Waals surface area contributed by atoms with Crippen LogP contribution in [0, 0.1) is 0 Å². The van der Waals surface area contributed by atoms with Gasteiger partial charge in [-0.1, -0.05) is 13.0 Å². The van der Waals surface area contributed by atoms with Gasteiger partial charge in [-0.2, -0.15) is 0 Å². The standard InChI is InChI=1S/C20H23N3O3S/c1-4-18(24)21-15-6-5-7-16(12-15)22-20(27)23-19(25)14-8-10-17(11-9-14)26-13(2)3/h5-13H,4H2,1-3H3,(H,21,24)(H2,22,23,25,27). The lowest BCUT2D eigenvalue weighted by Gasteiger charge is -2.12. The van der Waals surface area contributed by atoms with Crippen molar-refractivity contribution >= 4 is 40.5 Å². The molecule has 2 amide bonds. The summed E-state index contributed by atoms with van der Waals surface area (Å²) >= 11 is 5.19. The number of carbonyl (C=O) groups excluding carboxylic acids is 2. The van der Waals surface area contributed by atoms with Gasteiger partial charge in [0.25, 0.3) is 5.91 Å². The van der Waals surface area contributed by atoms with Crippen LogP contribution in [0.25, 0.3) is 0 Å². The number of carbonyl (C=O) groups is 2. The number of anilines is 2. The molecular formula is C20H23N3O3S. The van der Waals surface area contributed by atoms with Gasteiger partial charge in [0.2, 0.25) is 5.91 Å². The SMILES string of the molecule is CCC(=O)Nc1cccc(NC(=S)NC(=O)c2ccc(OC(C)C)cc2)c1. The second-order valence-corrected chi connectivity index (χ2v) is 6.49. The van der Waals surface area contributed by atoms with Crippen LogP contribution in [0.1, 0.15) is 37.6 Å². The molecule has 0 saturated carbocycles. The number of benzene rings is 2. The van der Waals surface area contributed by atoms with Gasteiger partial charge in [0.1, 0.15) is 5.75 Å². The maximum Gasteiger partial charge on any atom is 0.257 e. The smallest absolute Gasteiger partial charge is 0.257 e. The predicted molar refractivity (Wildman–Crippen MR) is 111 cm³/mol. The number of amides is 2. The molecule has 0 spiro atoms. The molecule has 0 bridgehead atoms. The fourth-order valence-electron chi connectivity index (χ4n) is 2.22. The van der Waals surface area contributed by atoms with Gasteiger partial charge in [0, 0.05) is 23.4 Å². The Kier molecular flexibility index (Phi) is 7.31. The molecule has 0 aliphatic rings. The van der Waals surface area contributed by atoms with Crippen LogP contribution in [-0.2, 0) is 4.79 Å². The van der Waals surface area contributed by atoms with Crippen molar-refractivity contribution in [2.24, 2.45) is 0 Å². The summed E-state index contributed by atoms with van der Waals surface area (Å²) in [5.74, 6) is 0.306. The van der Waals surface area contributed by atoms with Crippen molar-refractivity contribution in [3.05, 3.63) is 54.1 Å². The molecule has 27 heavy (non-hydrogen) atoms. The number of ether oxygens (including phenoxy) is 1. The number of hydrogen-bond acceptors (Lipinski definition) is 4. The van der Waals surface area contributed by atoms with E-state index in [-0.39, 0.29) is 23.0 Å². The molecule has 142 valence electrons. The average Bonchev–Trinajstić information content (AvgIpc) is 2.61. The van der Waals surface area contributed by atoms with Crippen LogP contribution in [0.3, 0.4) is 0 Å². The highest BCUT2D eigenvalue weighted by Crippen LogP contribution is 2.16. The maximum atomic E-state index is 12.3. The first-order valence-electron chi connectivity index (χ1n) is 8.66. The Labute approximate surface area is 164 Å². The van der Waals surface area contributed by atoms with Gasteiger partial charge >= 0.3 is 0 Å². The summed E-state index contributed by atoms with van der Waals surface area (Å²) in [5, 5.41) is 8.50. The highest BCUT2D eigenvalue weighted by molar-refractivity contribution is 7.80. The fraction of sp³-hybridized carbons (Fsp3) is 0.250. The van der Waals surface area contributed by atoms with E-state index in [1.165, 1.54) is 0 Å². The molecule has 0 saturated heterocycles. The largest absolute Gasteiger partial charge is 0.491 e. The van der Waals surface area contributed by atoms with Crippen molar-refractivity contribution < 1.29 is 14.3 Å². The lowest BCUT2D eigenvalue weighted by Crippen LogP contribution is -2.34. The van der Waals surface area contributed by atoms with E-state index in [4.69, 9.17) is 17.0 Å². The molecule has 2 aromatic carbocycles. The topological polar surface area (TPSA) is 79.5 Å². The van der Waals surface area contributed by atoms with Gasteiger partial charge < -0.3 is 15.4 Å². The third-order valence-electron chi connectivity index (χ3n) is 3.44. The van der Waals surface area contributed by atoms with Crippen molar-refractivity contribution in [3.63, 3.8) is 0 Å². The number of rotatable bonds is 6. The zero-order valence-electron chi connectivity index (χ0n) is 15.5. The van der Waals surface area contributed by atoms with Crippen LogP contribution >= 0.6 is 12.2 Å². The summed E-state index contributed by atoms with van der Waals surface area (Å²) < 4.78 is 5.56. The predicted octanol–water partition coefficient (Wildman–Crippen LogP) is 3.95. The minimum Gasteiger partial charge on any atom is -0.491 e. The summed E-state index contributed by atoms with van der Waals surface area (Å²) in [6, 6.07) is 13.9. The molecule has 7 heteroatoms. The van der Waals surface area contributed by atoms with Crippen LogP contribution in [-0.4, -0.2) is 23.0 Å². The first-order chi connectivity index (χ1) is 12.9. The number of nitrogens with one attached hydrogen (secondary N) is 3. The second kappa shape index (κ2) is 9.68. The molecule has 3 N–H and O–H groups in total. The summed E-state index contributed by atoms with van der Waals surface area (Å²) in [5.41, 5.74) is 1.79. The molecule has 0 unspecified atom stereocenters. The van der Waals surface area contributed by atoms with E-state index < -0.39 is 0 Å². The van der Waals surface area contributed by atoms with Crippen molar-refractivity contribution in [1.29, 1.82) is 0 Å². The van der Waals surface area contributed by atoms with E-state index in [1.807, 2.05) is 13.8 Å². The number of hydrogen-bond donors (Lipinski definition) is 3. The summed E-state index contributed by atoms with van der Waals surface area (Å²) in [6.45, 7) is 5.66. The Balaban J connectivity index is 1.94. The summed E-state index contributed by atoms with van der Waals surface area (Å²) in [6.07, 6.45) is 0.465. The van der Waals surface area contributed by atoms with E-state index in [9.17, 15) is 9.59 Å². The monoisotopic (exact) mass is 385 g/mol. The van der Waals surface area contributed by atoms with Gasteiger partial charge in [-0.15, -0.1) is 0 Å². The first kappa shape index (κ1) is 20.4. The first-order valence-corrected chi connectivity index (χ1v) is 9.07. The molecule has 0 aliphatic heterocycles. The van der Waals surface area contributed by atoms with Gasteiger partial charge in [0.15, 0.2) is 5.11 Å². The normalized spacial score (nSPS) is 10.2. The summed E-state index contributed by atoms with van der Waals surface area (Å²) in [7, 11) is 0. The molecule has 0 fully saturated rings. The minimum atomic E-state index is -0.320. The molecule has 0 heterocycles. The van der Waals surface area contributed by atoms with Crippen molar-refractivity contribution in [2.75, 3.05) is 10.6 Å². The van der Waals surface area contributed by atoms with Crippen LogP contribution in [0.2, 0.25) is 0 Å². The molecule has 0 radical (unpaired) electrons. The Morgan fingerprint density at radius 1 is 1.04 bits per heavy atom. The van der Waals surface area contributed by atoms with Crippen molar-refractivity contribution in [1.82, 2.24) is 5.32 Å². The highest BCUT2D eigenvalue weighted by Gasteiger charge is 2.09. The lowest BCUT2D eigenvalue weighted by atomic mass is 10.2. The highest BCUT2D eigenvalue weighted by atomic mass is 32.1. The van der Waals surface area contributed by atoms with Crippen molar-refractivity contribution in [2.45, 2.75) is 33.3 Å². The van der Waals surface area contributed by atoms with Crippen molar-refractivity contribution in [3.8, 4) is 5.75 Å². The molecule has 0 aromatic heterocycles. The quantitative estimate of drug-likeness (QED) is 0.656. The minimum absolute atomic E-state index is 0.0688. The Morgan fingerprint density at radius 2 is 1.67 bits per heavy atom. The lowest BCUT2D eigenvalue weighted by molar-refractivity contribution is -0.115. The number of thiocarbonyl (C=S) groups is 1.